The molecule has 9 heteroatoms. The SMILES string of the molecule is CC[C@@H](c1ccccc1)n1c(CCC(C)C)nc(=O)c(S(=O)(=O)c2ccc(-c3ccnc(F)c3C)cc2)c1O. The standard InChI is InChI=1S/C30H32FN3O4S/c1-5-25(22-9-7-6-8-10-22)34-26(16-11-19(2)3)33-29(35)27(30(34)36)39(37,38)23-14-12-21(13-15-23)24-17-18-32-28(31)20(24)4/h6-10,12-15,17-19,25,36H,5,11,16H2,1-4H3/t25-/m0/s1. The first-order chi connectivity index (χ1) is 18.6. The summed E-state index contributed by atoms with van der Waals surface area (Å²) in [7, 11) is -4.44. The second-order valence-corrected chi connectivity index (χ2v) is 11.8. The lowest BCUT2D eigenvalue weighted by molar-refractivity contribution is 0.356. The fourth-order valence-corrected chi connectivity index (χ4v) is 6.05. The third kappa shape index (κ3) is 5.63. The van der Waals surface area contributed by atoms with Gasteiger partial charge in [-0.2, -0.15) is 9.37 Å². The van der Waals surface area contributed by atoms with Crippen LogP contribution in [0.2, 0.25) is 0 Å². The average molecular weight is 550 g/mol. The Morgan fingerprint density at radius 2 is 1.69 bits per heavy atom. The van der Waals surface area contributed by atoms with Crippen LogP contribution in [-0.4, -0.2) is 28.1 Å². The highest BCUT2D eigenvalue weighted by atomic mass is 32.2. The number of aromatic nitrogens is 3. The molecule has 0 aliphatic rings. The average Bonchev–Trinajstić information content (AvgIpc) is 2.91. The molecule has 0 radical (unpaired) electrons. The van der Waals surface area contributed by atoms with Crippen molar-refractivity contribution in [2.45, 2.75) is 62.8 Å². The number of halogens is 1. The summed E-state index contributed by atoms with van der Waals surface area (Å²) < 4.78 is 42.9. The van der Waals surface area contributed by atoms with Gasteiger partial charge in [0.25, 0.3) is 5.56 Å². The summed E-state index contributed by atoms with van der Waals surface area (Å²) in [6.07, 6.45) is 2.99. The van der Waals surface area contributed by atoms with Gasteiger partial charge >= 0.3 is 0 Å². The Morgan fingerprint density at radius 3 is 2.31 bits per heavy atom. The Hall–Kier alpha value is -3.85. The maximum Gasteiger partial charge on any atom is 0.296 e. The van der Waals surface area contributed by atoms with Crippen molar-refractivity contribution in [3.8, 4) is 17.0 Å². The van der Waals surface area contributed by atoms with Crippen LogP contribution >= 0.6 is 0 Å². The second kappa shape index (κ2) is 11.5. The molecule has 0 saturated carbocycles. The van der Waals surface area contributed by atoms with Gasteiger partial charge in [0.05, 0.1) is 10.9 Å². The van der Waals surface area contributed by atoms with Crippen LogP contribution < -0.4 is 5.56 Å². The van der Waals surface area contributed by atoms with Crippen LogP contribution in [0, 0.1) is 18.8 Å². The van der Waals surface area contributed by atoms with E-state index in [1.807, 2.05) is 51.1 Å². The molecule has 0 aliphatic carbocycles. The number of rotatable bonds is 9. The number of pyridine rings is 1. The van der Waals surface area contributed by atoms with Crippen molar-refractivity contribution in [1.29, 1.82) is 0 Å². The molecule has 1 N–H and O–H groups in total. The van der Waals surface area contributed by atoms with Crippen LogP contribution in [0.25, 0.3) is 11.1 Å². The van der Waals surface area contributed by atoms with E-state index in [1.165, 1.54) is 35.0 Å². The molecule has 7 nitrogen and oxygen atoms in total. The molecule has 204 valence electrons. The van der Waals surface area contributed by atoms with Crippen molar-refractivity contribution in [2.75, 3.05) is 0 Å². The topological polar surface area (TPSA) is 102 Å². The first-order valence-electron chi connectivity index (χ1n) is 12.9. The van der Waals surface area contributed by atoms with Gasteiger partial charge in [0, 0.05) is 18.2 Å². The molecule has 1 atom stereocenters. The number of aromatic hydroxyl groups is 1. The number of nitrogens with zero attached hydrogens (tertiary/aromatic N) is 3. The van der Waals surface area contributed by atoms with E-state index >= 15 is 0 Å². The van der Waals surface area contributed by atoms with Crippen LogP contribution in [0.1, 0.15) is 56.6 Å². The Labute approximate surface area is 228 Å². The third-order valence-corrected chi connectivity index (χ3v) is 8.64. The smallest absolute Gasteiger partial charge is 0.296 e. The summed E-state index contributed by atoms with van der Waals surface area (Å²) >= 11 is 0. The zero-order valence-electron chi connectivity index (χ0n) is 22.4. The highest BCUT2D eigenvalue weighted by Gasteiger charge is 2.32. The summed E-state index contributed by atoms with van der Waals surface area (Å²) in [5.74, 6) is -0.581. The van der Waals surface area contributed by atoms with Gasteiger partial charge in [-0.3, -0.25) is 9.36 Å². The van der Waals surface area contributed by atoms with E-state index in [9.17, 15) is 22.7 Å². The number of hydrogen-bond acceptors (Lipinski definition) is 6. The predicted octanol–water partition coefficient (Wildman–Crippen LogP) is 5.88. The molecule has 0 aliphatic heterocycles. The molecule has 0 saturated heterocycles. The zero-order chi connectivity index (χ0) is 28.3. The van der Waals surface area contributed by atoms with Crippen molar-refractivity contribution in [1.82, 2.24) is 14.5 Å². The molecular weight excluding hydrogens is 517 g/mol. The lowest BCUT2D eigenvalue weighted by Crippen LogP contribution is -2.27. The summed E-state index contributed by atoms with van der Waals surface area (Å²) in [4.78, 5) is 20.1. The first kappa shape index (κ1) is 28.2. The molecular formula is C30H32FN3O4S. The maximum atomic E-state index is 14.0. The summed E-state index contributed by atoms with van der Waals surface area (Å²) in [6, 6.07) is 16.4. The van der Waals surface area contributed by atoms with E-state index in [4.69, 9.17) is 0 Å². The molecule has 2 aromatic carbocycles. The molecule has 0 fully saturated rings. The minimum Gasteiger partial charge on any atom is -0.493 e. The van der Waals surface area contributed by atoms with Gasteiger partial charge in [0.2, 0.25) is 21.7 Å². The molecule has 4 rings (SSSR count). The van der Waals surface area contributed by atoms with Gasteiger partial charge in [-0.15, -0.1) is 0 Å². The minimum absolute atomic E-state index is 0.179. The van der Waals surface area contributed by atoms with E-state index in [1.54, 1.807) is 13.0 Å². The minimum atomic E-state index is -4.44. The third-order valence-electron chi connectivity index (χ3n) is 6.85. The molecule has 39 heavy (non-hydrogen) atoms. The van der Waals surface area contributed by atoms with Gasteiger partial charge in [0.15, 0.2) is 4.90 Å². The molecule has 2 heterocycles. The highest BCUT2D eigenvalue weighted by Crippen LogP contribution is 2.34. The van der Waals surface area contributed by atoms with Crippen LogP contribution in [-0.2, 0) is 16.3 Å². The Balaban J connectivity index is 1.86. The normalized spacial score (nSPS) is 12.6. The first-order valence-corrected chi connectivity index (χ1v) is 14.4. The molecule has 0 amide bonds. The fraction of sp³-hybridized carbons (Fsp3) is 0.300. The highest BCUT2D eigenvalue weighted by molar-refractivity contribution is 7.91. The maximum absolute atomic E-state index is 14.0. The van der Waals surface area contributed by atoms with Gasteiger partial charge in [-0.1, -0.05) is 63.2 Å². The summed E-state index contributed by atoms with van der Waals surface area (Å²) in [6.45, 7) is 7.60. The van der Waals surface area contributed by atoms with Gasteiger partial charge in [-0.25, -0.2) is 13.4 Å². The van der Waals surface area contributed by atoms with Crippen LogP contribution in [0.5, 0.6) is 5.88 Å². The zero-order valence-corrected chi connectivity index (χ0v) is 23.2. The van der Waals surface area contributed by atoms with E-state index in [0.29, 0.717) is 47.7 Å². The molecule has 0 spiro atoms. The summed E-state index contributed by atoms with van der Waals surface area (Å²) in [5.41, 5.74) is 1.36. The Bertz CT molecular complexity index is 1630. The van der Waals surface area contributed by atoms with E-state index in [0.717, 1.165) is 5.56 Å². The van der Waals surface area contributed by atoms with Gasteiger partial charge in [0.1, 0.15) is 5.82 Å². The number of aryl methyl sites for hydroxylation is 1. The number of benzene rings is 2. The number of sulfone groups is 1. The Morgan fingerprint density at radius 1 is 1.03 bits per heavy atom. The number of hydrogen-bond donors (Lipinski definition) is 1. The van der Waals surface area contributed by atoms with Crippen molar-refractivity contribution in [2.24, 2.45) is 5.92 Å². The fourth-order valence-electron chi connectivity index (χ4n) is 4.70. The van der Waals surface area contributed by atoms with Crippen molar-refractivity contribution in [3.63, 3.8) is 0 Å². The molecule has 2 aromatic heterocycles. The monoisotopic (exact) mass is 549 g/mol. The van der Waals surface area contributed by atoms with Crippen molar-refractivity contribution < 1.29 is 17.9 Å². The largest absolute Gasteiger partial charge is 0.493 e. The lowest BCUT2D eigenvalue weighted by Gasteiger charge is -2.25. The van der Waals surface area contributed by atoms with E-state index in [2.05, 4.69) is 9.97 Å². The van der Waals surface area contributed by atoms with Crippen molar-refractivity contribution >= 4 is 9.84 Å². The molecule has 4 aromatic rings. The Kier molecular flexibility index (Phi) is 8.30. The second-order valence-electron chi connectivity index (χ2n) is 9.93. The van der Waals surface area contributed by atoms with Gasteiger partial charge in [-0.05, 0) is 60.6 Å². The van der Waals surface area contributed by atoms with E-state index in [-0.39, 0.29) is 4.90 Å². The van der Waals surface area contributed by atoms with E-state index < -0.39 is 38.2 Å². The molecule has 0 unspecified atom stereocenters. The van der Waals surface area contributed by atoms with Gasteiger partial charge < -0.3 is 5.11 Å². The van der Waals surface area contributed by atoms with Crippen LogP contribution in [0.15, 0.2) is 81.4 Å². The predicted molar refractivity (Wildman–Crippen MR) is 148 cm³/mol. The lowest BCUT2D eigenvalue weighted by atomic mass is 10.0. The van der Waals surface area contributed by atoms with Crippen LogP contribution in [0.4, 0.5) is 4.39 Å². The summed E-state index contributed by atoms with van der Waals surface area (Å²) in [5, 5.41) is 11.5. The van der Waals surface area contributed by atoms with Crippen LogP contribution in [0.3, 0.4) is 0 Å². The molecule has 0 bridgehead atoms. The van der Waals surface area contributed by atoms with Crippen molar-refractivity contribution in [3.05, 3.63) is 100 Å². The quantitative estimate of drug-likeness (QED) is 0.262.